The van der Waals surface area contributed by atoms with Crippen molar-refractivity contribution in [1.29, 1.82) is 0 Å². The molecule has 15 heavy (non-hydrogen) atoms. The molecule has 80 valence electrons. The first-order valence-corrected chi connectivity index (χ1v) is 4.27. The van der Waals surface area contributed by atoms with E-state index >= 15 is 0 Å². The van der Waals surface area contributed by atoms with Gasteiger partial charge in [0, 0.05) is 0 Å². The van der Waals surface area contributed by atoms with E-state index in [2.05, 4.69) is 0 Å². The molecule has 0 aliphatic rings. The first-order valence-electron chi connectivity index (χ1n) is 4.27. The second-order valence-electron chi connectivity index (χ2n) is 2.67. The topological polar surface area (TPSA) is 40.5 Å². The molecule has 0 bridgehead atoms. The number of para-hydroxylation sites is 2. The molecule has 0 radical (unpaired) electrons. The van der Waals surface area contributed by atoms with Crippen molar-refractivity contribution in [3.63, 3.8) is 0 Å². The highest BCUT2D eigenvalue weighted by Gasteiger charge is 1.75. The summed E-state index contributed by atoms with van der Waals surface area (Å²) in [6.45, 7) is 0. The molecule has 0 fully saturated rings. The predicted molar refractivity (Wildman–Crippen MR) is 56.2 cm³/mol. The summed E-state index contributed by atoms with van der Waals surface area (Å²) in [5, 5.41) is 17.3. The molecule has 0 aromatic heterocycles. The molecule has 0 spiro atoms. The maximum atomic E-state index is 8.63. The van der Waals surface area contributed by atoms with Crippen molar-refractivity contribution < 1.29 is 27.2 Å². The molecule has 0 heterocycles. The quantitative estimate of drug-likeness (QED) is 0.694. The minimum atomic E-state index is 0. The van der Waals surface area contributed by atoms with Gasteiger partial charge in [-0.05, 0) is 24.3 Å². The largest absolute Gasteiger partial charge is 1.00 e. The van der Waals surface area contributed by atoms with Gasteiger partial charge in [-0.15, -0.1) is 0 Å². The van der Waals surface area contributed by atoms with Crippen LogP contribution >= 0.6 is 0 Å². The Bertz CT molecular complexity index is 311. The van der Waals surface area contributed by atoms with Crippen molar-refractivity contribution in [2.24, 2.45) is 0 Å². The Balaban J connectivity index is 0.000000245. The molecular weight excluding hydrogens is 256 g/mol. The van der Waals surface area contributed by atoms with E-state index in [0.29, 0.717) is 11.5 Å². The lowest BCUT2D eigenvalue weighted by atomic mass is 10.3. The van der Waals surface area contributed by atoms with E-state index in [1.165, 1.54) is 0 Å². The Hall–Kier alpha value is -1.48. The zero-order valence-electron chi connectivity index (χ0n) is 8.05. The van der Waals surface area contributed by atoms with Crippen LogP contribution in [0.25, 0.3) is 0 Å². The van der Waals surface area contributed by atoms with E-state index < -0.39 is 0 Å². The van der Waals surface area contributed by atoms with E-state index in [0.717, 1.165) is 0 Å². The molecule has 0 saturated heterocycles. The van der Waals surface area contributed by atoms with Crippen LogP contribution in [0.1, 0.15) is 0 Å². The minimum absolute atomic E-state index is 0. The van der Waals surface area contributed by atoms with Crippen LogP contribution in [0.15, 0.2) is 60.7 Å². The number of phenolic OH excluding ortho intramolecular Hbond substituents is 2. The van der Waals surface area contributed by atoms with Crippen molar-refractivity contribution in [2.45, 2.75) is 0 Å². The van der Waals surface area contributed by atoms with Crippen LogP contribution in [0.2, 0.25) is 0 Å². The smallest absolute Gasteiger partial charge is 0.115 e. The van der Waals surface area contributed by atoms with Gasteiger partial charge >= 0.3 is 0 Å². The van der Waals surface area contributed by atoms with Crippen LogP contribution in [0.4, 0.5) is 0 Å². The van der Waals surface area contributed by atoms with Crippen LogP contribution in [0.3, 0.4) is 0 Å². The summed E-state index contributed by atoms with van der Waals surface area (Å²) < 4.78 is 0. The number of aromatic hydroxyl groups is 2. The highest BCUT2D eigenvalue weighted by molar-refractivity contribution is 5.19. The average molecular weight is 268 g/mol. The fourth-order valence-corrected chi connectivity index (χ4v) is 0.856. The van der Waals surface area contributed by atoms with Crippen LogP contribution in [-0.4, -0.2) is 10.2 Å². The van der Waals surface area contributed by atoms with Gasteiger partial charge in [0.2, 0.25) is 0 Å². The molecular formula is C12H12BrO2-. The molecule has 2 aromatic rings. The molecule has 2 N–H and O–H groups in total. The third-order valence-electron chi connectivity index (χ3n) is 1.51. The first-order chi connectivity index (χ1) is 6.79. The number of hydrogen-bond donors (Lipinski definition) is 2. The number of rotatable bonds is 0. The van der Waals surface area contributed by atoms with Crippen LogP contribution < -0.4 is 17.0 Å². The van der Waals surface area contributed by atoms with E-state index in [1.807, 2.05) is 12.1 Å². The van der Waals surface area contributed by atoms with Crippen molar-refractivity contribution in [3.8, 4) is 11.5 Å². The number of benzene rings is 2. The first kappa shape index (κ1) is 13.5. The van der Waals surface area contributed by atoms with Crippen LogP contribution in [0, 0.1) is 0 Å². The van der Waals surface area contributed by atoms with Crippen molar-refractivity contribution in [3.05, 3.63) is 60.7 Å². The lowest BCUT2D eigenvalue weighted by molar-refractivity contribution is -0.00000494. The fourth-order valence-electron chi connectivity index (χ4n) is 0.856. The van der Waals surface area contributed by atoms with Gasteiger partial charge in [-0.2, -0.15) is 0 Å². The molecule has 2 rings (SSSR count). The van der Waals surface area contributed by atoms with Crippen LogP contribution in [0.5, 0.6) is 11.5 Å². The molecule has 0 atom stereocenters. The van der Waals surface area contributed by atoms with Gasteiger partial charge in [0.15, 0.2) is 0 Å². The molecule has 0 amide bonds. The number of halogens is 1. The van der Waals surface area contributed by atoms with E-state index in [9.17, 15) is 0 Å². The monoisotopic (exact) mass is 267 g/mol. The summed E-state index contributed by atoms with van der Waals surface area (Å²) in [5.74, 6) is 0.644. The van der Waals surface area contributed by atoms with E-state index in [1.54, 1.807) is 48.5 Å². The second kappa shape index (κ2) is 7.88. The second-order valence-corrected chi connectivity index (χ2v) is 2.67. The Morgan fingerprint density at radius 3 is 0.933 bits per heavy atom. The van der Waals surface area contributed by atoms with Crippen molar-refractivity contribution >= 4 is 0 Å². The number of phenols is 2. The average Bonchev–Trinajstić information content (AvgIpc) is 2.21. The molecule has 0 aliphatic heterocycles. The Morgan fingerprint density at radius 1 is 0.533 bits per heavy atom. The standard InChI is InChI=1S/2C6H6O.BrH/c2*7-6-4-2-1-3-5-6;/h2*1-5,7H;1H/p-1. The number of hydrogen-bond acceptors (Lipinski definition) is 2. The fraction of sp³-hybridized carbons (Fsp3) is 0. The maximum absolute atomic E-state index is 8.63. The molecule has 0 saturated carbocycles. The molecule has 0 aliphatic carbocycles. The van der Waals surface area contributed by atoms with Gasteiger partial charge in [0.05, 0.1) is 0 Å². The summed E-state index contributed by atoms with van der Waals surface area (Å²) in [7, 11) is 0. The van der Waals surface area contributed by atoms with Gasteiger partial charge in [0.1, 0.15) is 11.5 Å². The third kappa shape index (κ3) is 6.57. The molecule has 2 nitrogen and oxygen atoms in total. The Labute approximate surface area is 99.6 Å². The third-order valence-corrected chi connectivity index (χ3v) is 1.51. The summed E-state index contributed by atoms with van der Waals surface area (Å²) in [6, 6.07) is 17.4. The van der Waals surface area contributed by atoms with Gasteiger partial charge in [-0.25, -0.2) is 0 Å². The van der Waals surface area contributed by atoms with Gasteiger partial charge in [0.25, 0.3) is 0 Å². The lowest BCUT2D eigenvalue weighted by Gasteiger charge is -1.82. The molecule has 3 heteroatoms. The zero-order chi connectivity index (χ0) is 10.2. The van der Waals surface area contributed by atoms with Crippen molar-refractivity contribution in [1.82, 2.24) is 0 Å². The zero-order valence-corrected chi connectivity index (χ0v) is 9.63. The molecule has 2 aromatic carbocycles. The highest BCUT2D eigenvalue weighted by atomic mass is 79.9. The van der Waals surface area contributed by atoms with E-state index in [4.69, 9.17) is 10.2 Å². The normalized spacial score (nSPS) is 8.00. The van der Waals surface area contributed by atoms with E-state index in [-0.39, 0.29) is 17.0 Å². The summed E-state index contributed by atoms with van der Waals surface area (Å²) in [6.07, 6.45) is 0. The van der Waals surface area contributed by atoms with Gasteiger partial charge in [-0.3, -0.25) is 0 Å². The Morgan fingerprint density at radius 2 is 0.800 bits per heavy atom. The predicted octanol–water partition coefficient (Wildman–Crippen LogP) is -0.212. The summed E-state index contributed by atoms with van der Waals surface area (Å²) >= 11 is 0. The van der Waals surface area contributed by atoms with Crippen LogP contribution in [-0.2, 0) is 0 Å². The summed E-state index contributed by atoms with van der Waals surface area (Å²) in [5.41, 5.74) is 0. The van der Waals surface area contributed by atoms with Gasteiger partial charge in [-0.1, -0.05) is 36.4 Å². The van der Waals surface area contributed by atoms with Gasteiger partial charge < -0.3 is 27.2 Å². The Kier molecular flexibility index (Phi) is 7.10. The SMILES string of the molecule is Oc1ccccc1.Oc1ccccc1.[Br-]. The van der Waals surface area contributed by atoms with Crippen molar-refractivity contribution in [2.75, 3.05) is 0 Å². The highest BCUT2D eigenvalue weighted by Crippen LogP contribution is 2.03. The minimum Gasteiger partial charge on any atom is -1.00 e. The molecule has 0 unspecified atom stereocenters. The lowest BCUT2D eigenvalue weighted by Crippen LogP contribution is -3.00. The summed E-state index contributed by atoms with van der Waals surface area (Å²) in [4.78, 5) is 0. The maximum Gasteiger partial charge on any atom is 0.115 e.